The summed E-state index contributed by atoms with van der Waals surface area (Å²) < 4.78 is 0. The van der Waals surface area contributed by atoms with Crippen LogP contribution in [0.3, 0.4) is 0 Å². The molecule has 27 heavy (non-hydrogen) atoms. The van der Waals surface area contributed by atoms with Crippen molar-refractivity contribution in [3.63, 3.8) is 0 Å². The number of carbonyl (C=O) groups excluding carboxylic acids is 2. The molecule has 0 unspecified atom stereocenters. The fourth-order valence-corrected chi connectivity index (χ4v) is 2.91. The minimum Gasteiger partial charge on any atom is -0.357 e. The van der Waals surface area contributed by atoms with Crippen LogP contribution in [0.2, 0.25) is 0 Å². The molecule has 0 atom stereocenters. The van der Waals surface area contributed by atoms with Crippen LogP contribution >= 0.6 is 0 Å². The highest BCUT2D eigenvalue weighted by molar-refractivity contribution is 5.81. The number of nitrogens with one attached hydrogen (secondary N) is 3. The molecule has 0 radical (unpaired) electrons. The molecule has 7 nitrogen and oxygen atoms in total. The molecule has 3 N–H and O–H groups in total. The highest BCUT2D eigenvalue weighted by Gasteiger charge is 2.18. The monoisotopic (exact) mass is 373 g/mol. The third-order valence-electron chi connectivity index (χ3n) is 4.35. The Bertz CT molecular complexity index is 618. The summed E-state index contributed by atoms with van der Waals surface area (Å²) in [6.45, 7) is 6.13. The van der Waals surface area contributed by atoms with E-state index in [4.69, 9.17) is 0 Å². The highest BCUT2D eigenvalue weighted by Crippen LogP contribution is 2.09. The van der Waals surface area contributed by atoms with Crippen LogP contribution in [0.5, 0.6) is 0 Å². The minimum absolute atomic E-state index is 0.00903. The van der Waals surface area contributed by atoms with Gasteiger partial charge in [-0.15, -0.1) is 0 Å². The van der Waals surface area contributed by atoms with E-state index in [2.05, 4.69) is 20.9 Å². The lowest BCUT2D eigenvalue weighted by Crippen LogP contribution is -2.39. The van der Waals surface area contributed by atoms with Crippen LogP contribution in [0.4, 0.5) is 0 Å². The van der Waals surface area contributed by atoms with Crippen molar-refractivity contribution in [2.75, 3.05) is 32.7 Å². The summed E-state index contributed by atoms with van der Waals surface area (Å²) in [5.41, 5.74) is 1.09. The SMILES string of the molecule is CCNC(=NCCCN1CCCC1=O)NCCC(=O)NCc1ccccc1. The van der Waals surface area contributed by atoms with Crippen molar-refractivity contribution in [3.05, 3.63) is 35.9 Å². The summed E-state index contributed by atoms with van der Waals surface area (Å²) in [5, 5.41) is 9.28. The van der Waals surface area contributed by atoms with E-state index >= 15 is 0 Å². The van der Waals surface area contributed by atoms with E-state index in [0.717, 1.165) is 38.0 Å². The molecule has 0 aliphatic carbocycles. The lowest BCUT2D eigenvalue weighted by Gasteiger charge is -2.15. The number of amides is 2. The molecule has 1 heterocycles. The number of guanidine groups is 1. The molecule has 1 aromatic rings. The summed E-state index contributed by atoms with van der Waals surface area (Å²) in [6.07, 6.45) is 2.89. The molecule has 0 bridgehead atoms. The van der Waals surface area contributed by atoms with Crippen molar-refractivity contribution in [2.45, 2.75) is 39.2 Å². The van der Waals surface area contributed by atoms with Gasteiger partial charge in [0.15, 0.2) is 5.96 Å². The Morgan fingerprint density at radius 1 is 1.19 bits per heavy atom. The Hall–Kier alpha value is -2.57. The van der Waals surface area contributed by atoms with Gasteiger partial charge in [-0.1, -0.05) is 30.3 Å². The molecule has 0 saturated carbocycles. The van der Waals surface area contributed by atoms with Gasteiger partial charge in [-0.05, 0) is 25.3 Å². The van der Waals surface area contributed by atoms with Gasteiger partial charge in [0.25, 0.3) is 0 Å². The molecule has 1 saturated heterocycles. The Balaban J connectivity index is 1.62. The predicted molar refractivity (Wildman–Crippen MR) is 107 cm³/mol. The minimum atomic E-state index is 0.00903. The van der Waals surface area contributed by atoms with Crippen LogP contribution in [0, 0.1) is 0 Å². The molecule has 0 spiro atoms. The number of benzene rings is 1. The van der Waals surface area contributed by atoms with Gasteiger partial charge in [0.05, 0.1) is 0 Å². The third kappa shape index (κ3) is 8.11. The molecule has 1 aliphatic rings. The molecule has 2 rings (SSSR count). The Kier molecular flexibility index (Phi) is 9.17. The second-order valence-electron chi connectivity index (χ2n) is 6.54. The van der Waals surface area contributed by atoms with Gasteiger partial charge in [0, 0.05) is 52.1 Å². The Labute approximate surface area is 161 Å². The van der Waals surface area contributed by atoms with E-state index < -0.39 is 0 Å². The number of aliphatic imine (C=N–C) groups is 1. The quantitative estimate of drug-likeness (QED) is 0.327. The first-order chi connectivity index (χ1) is 13.2. The normalized spacial score (nSPS) is 14.3. The number of hydrogen-bond acceptors (Lipinski definition) is 3. The van der Waals surface area contributed by atoms with E-state index in [1.807, 2.05) is 42.2 Å². The Morgan fingerprint density at radius 3 is 2.70 bits per heavy atom. The van der Waals surface area contributed by atoms with Gasteiger partial charge in [0.1, 0.15) is 0 Å². The first-order valence-electron chi connectivity index (χ1n) is 9.79. The van der Waals surface area contributed by atoms with Crippen LogP contribution in [0.15, 0.2) is 35.3 Å². The summed E-state index contributed by atoms with van der Waals surface area (Å²) >= 11 is 0. The number of rotatable bonds is 10. The van der Waals surface area contributed by atoms with Crippen LogP contribution in [-0.2, 0) is 16.1 Å². The van der Waals surface area contributed by atoms with Crippen LogP contribution in [0.25, 0.3) is 0 Å². The van der Waals surface area contributed by atoms with Gasteiger partial charge < -0.3 is 20.9 Å². The first kappa shape index (κ1) is 20.7. The molecular formula is C20H31N5O2. The van der Waals surface area contributed by atoms with Gasteiger partial charge in [0.2, 0.25) is 11.8 Å². The number of carbonyl (C=O) groups is 2. The fourth-order valence-electron chi connectivity index (χ4n) is 2.91. The fraction of sp³-hybridized carbons (Fsp3) is 0.550. The van der Waals surface area contributed by atoms with E-state index in [9.17, 15) is 9.59 Å². The zero-order valence-corrected chi connectivity index (χ0v) is 16.2. The molecular weight excluding hydrogens is 342 g/mol. The average molecular weight is 374 g/mol. The zero-order valence-electron chi connectivity index (χ0n) is 16.2. The third-order valence-corrected chi connectivity index (χ3v) is 4.35. The maximum atomic E-state index is 11.9. The molecule has 1 fully saturated rings. The molecule has 2 amide bonds. The smallest absolute Gasteiger partial charge is 0.222 e. The van der Waals surface area contributed by atoms with E-state index in [-0.39, 0.29) is 11.8 Å². The molecule has 0 aromatic heterocycles. The van der Waals surface area contributed by atoms with Crippen molar-refractivity contribution in [1.82, 2.24) is 20.9 Å². The first-order valence-corrected chi connectivity index (χ1v) is 9.79. The maximum absolute atomic E-state index is 11.9. The lowest BCUT2D eigenvalue weighted by molar-refractivity contribution is -0.127. The van der Waals surface area contributed by atoms with Gasteiger partial charge in [-0.2, -0.15) is 0 Å². The molecule has 7 heteroatoms. The average Bonchev–Trinajstić information content (AvgIpc) is 3.09. The number of hydrogen-bond donors (Lipinski definition) is 3. The zero-order chi connectivity index (χ0) is 19.3. The lowest BCUT2D eigenvalue weighted by atomic mass is 10.2. The topological polar surface area (TPSA) is 85.8 Å². The standard InChI is InChI=1S/C20H31N5O2/c1-2-21-20(22-12-7-15-25-14-6-10-19(25)27)23-13-11-18(26)24-16-17-8-4-3-5-9-17/h3-5,8-9H,2,6-7,10-16H2,1H3,(H,24,26)(H2,21,22,23). The summed E-state index contributed by atoms with van der Waals surface area (Å²) in [7, 11) is 0. The van der Waals surface area contributed by atoms with Crippen LogP contribution in [-0.4, -0.2) is 55.4 Å². The van der Waals surface area contributed by atoms with Crippen LogP contribution in [0.1, 0.15) is 38.2 Å². The van der Waals surface area contributed by atoms with Gasteiger partial charge in [-0.25, -0.2) is 0 Å². The van der Waals surface area contributed by atoms with Crippen molar-refractivity contribution >= 4 is 17.8 Å². The second-order valence-corrected chi connectivity index (χ2v) is 6.54. The van der Waals surface area contributed by atoms with Crippen molar-refractivity contribution in [1.29, 1.82) is 0 Å². The van der Waals surface area contributed by atoms with Crippen molar-refractivity contribution in [3.8, 4) is 0 Å². The number of likely N-dealkylation sites (tertiary alicyclic amines) is 1. The summed E-state index contributed by atoms with van der Waals surface area (Å²) in [5.74, 6) is 0.974. The number of nitrogens with zero attached hydrogens (tertiary/aromatic N) is 2. The Morgan fingerprint density at radius 2 is 2.00 bits per heavy atom. The highest BCUT2D eigenvalue weighted by atomic mass is 16.2. The molecule has 1 aromatic carbocycles. The van der Waals surface area contributed by atoms with Gasteiger partial charge >= 0.3 is 0 Å². The van der Waals surface area contributed by atoms with Crippen molar-refractivity contribution < 1.29 is 9.59 Å². The van der Waals surface area contributed by atoms with Crippen molar-refractivity contribution in [2.24, 2.45) is 4.99 Å². The largest absolute Gasteiger partial charge is 0.357 e. The summed E-state index contributed by atoms with van der Waals surface area (Å²) in [6, 6.07) is 9.86. The van der Waals surface area contributed by atoms with E-state index in [0.29, 0.717) is 38.4 Å². The van der Waals surface area contributed by atoms with Gasteiger partial charge in [-0.3, -0.25) is 14.6 Å². The van der Waals surface area contributed by atoms with Crippen LogP contribution < -0.4 is 16.0 Å². The van der Waals surface area contributed by atoms with E-state index in [1.54, 1.807) is 0 Å². The van der Waals surface area contributed by atoms with E-state index in [1.165, 1.54) is 0 Å². The predicted octanol–water partition coefficient (Wildman–Crippen LogP) is 1.26. The maximum Gasteiger partial charge on any atom is 0.222 e. The summed E-state index contributed by atoms with van der Waals surface area (Å²) in [4.78, 5) is 30.0. The second kappa shape index (κ2) is 11.9. The molecule has 1 aliphatic heterocycles. The molecule has 148 valence electrons.